The summed E-state index contributed by atoms with van der Waals surface area (Å²) in [6.45, 7) is 6.95. The Balaban J connectivity index is 1.74. The molecule has 1 N–H and O–H groups in total. The average molecular weight is 304 g/mol. The van der Waals surface area contributed by atoms with Crippen LogP contribution in [0, 0.1) is 0 Å². The second kappa shape index (κ2) is 5.57. The summed E-state index contributed by atoms with van der Waals surface area (Å²) in [7, 11) is 0. The van der Waals surface area contributed by atoms with E-state index >= 15 is 0 Å². The number of aromatic nitrogens is 3. The van der Waals surface area contributed by atoms with Gasteiger partial charge in [0.1, 0.15) is 17.5 Å². The van der Waals surface area contributed by atoms with Gasteiger partial charge in [-0.2, -0.15) is 0 Å². The van der Waals surface area contributed by atoms with E-state index in [4.69, 9.17) is 9.47 Å². The van der Waals surface area contributed by atoms with Gasteiger partial charge in [-0.05, 0) is 32.9 Å². The van der Waals surface area contributed by atoms with Crippen molar-refractivity contribution in [3.05, 3.63) is 24.2 Å². The Morgan fingerprint density at radius 3 is 3.05 bits per heavy atom. The number of pyridine rings is 1. The molecule has 1 amide bonds. The number of nitrogens with one attached hydrogen (secondary N) is 1. The lowest BCUT2D eigenvalue weighted by Crippen LogP contribution is -2.44. The zero-order valence-electron chi connectivity index (χ0n) is 13.0. The van der Waals surface area contributed by atoms with E-state index in [-0.39, 0.29) is 12.2 Å². The summed E-state index contributed by atoms with van der Waals surface area (Å²) in [6, 6.07) is 3.76. The van der Waals surface area contributed by atoms with Crippen molar-refractivity contribution in [2.75, 3.05) is 19.7 Å². The summed E-state index contributed by atoms with van der Waals surface area (Å²) in [5.41, 5.74) is 1.000. The van der Waals surface area contributed by atoms with Crippen LogP contribution in [-0.4, -0.2) is 51.2 Å². The van der Waals surface area contributed by atoms with Gasteiger partial charge in [-0.15, -0.1) is 0 Å². The van der Waals surface area contributed by atoms with Crippen LogP contribution in [-0.2, 0) is 9.47 Å². The zero-order valence-corrected chi connectivity index (χ0v) is 13.0. The van der Waals surface area contributed by atoms with E-state index in [1.807, 2.05) is 32.9 Å². The number of ether oxygens (including phenoxy) is 2. The molecule has 2 aromatic heterocycles. The maximum Gasteiger partial charge on any atom is 0.410 e. The fourth-order valence-electron chi connectivity index (χ4n) is 2.32. The first-order valence-corrected chi connectivity index (χ1v) is 7.32. The van der Waals surface area contributed by atoms with E-state index < -0.39 is 5.60 Å². The molecule has 1 atom stereocenters. The van der Waals surface area contributed by atoms with Crippen LogP contribution in [0.1, 0.15) is 32.7 Å². The van der Waals surface area contributed by atoms with Crippen LogP contribution in [0.3, 0.4) is 0 Å². The predicted octanol–water partition coefficient (Wildman–Crippen LogP) is 2.27. The molecular formula is C15H20N4O3. The van der Waals surface area contributed by atoms with Gasteiger partial charge < -0.3 is 19.4 Å². The maximum atomic E-state index is 12.2. The predicted molar refractivity (Wildman–Crippen MR) is 80.4 cm³/mol. The van der Waals surface area contributed by atoms with E-state index in [2.05, 4.69) is 15.0 Å². The molecule has 3 rings (SSSR count). The molecule has 22 heavy (non-hydrogen) atoms. The van der Waals surface area contributed by atoms with Gasteiger partial charge in [0.2, 0.25) is 0 Å². The number of amides is 1. The SMILES string of the molecule is CC(C)(C)OC(=O)N1CCO[C@@H](c2nc3ncccc3[nH]2)C1. The minimum absolute atomic E-state index is 0.296. The number of carbonyl (C=O) groups excluding carboxylic acids is 1. The van der Waals surface area contributed by atoms with E-state index in [1.165, 1.54) is 0 Å². The minimum atomic E-state index is -0.506. The molecular weight excluding hydrogens is 284 g/mol. The molecule has 1 aliphatic rings. The molecule has 0 aromatic carbocycles. The molecule has 0 radical (unpaired) electrons. The molecule has 0 spiro atoms. The van der Waals surface area contributed by atoms with Gasteiger partial charge >= 0.3 is 6.09 Å². The van der Waals surface area contributed by atoms with Crippen molar-refractivity contribution in [1.29, 1.82) is 0 Å². The molecule has 0 unspecified atom stereocenters. The Labute approximate surface area is 128 Å². The third-order valence-electron chi connectivity index (χ3n) is 3.30. The monoisotopic (exact) mass is 304 g/mol. The largest absolute Gasteiger partial charge is 0.444 e. The fourth-order valence-corrected chi connectivity index (χ4v) is 2.32. The minimum Gasteiger partial charge on any atom is -0.444 e. The second-order valence-electron chi connectivity index (χ2n) is 6.28. The number of imidazole rings is 1. The number of hydrogen-bond acceptors (Lipinski definition) is 5. The van der Waals surface area contributed by atoms with Crippen molar-refractivity contribution < 1.29 is 14.3 Å². The van der Waals surface area contributed by atoms with E-state index in [1.54, 1.807) is 11.1 Å². The first-order chi connectivity index (χ1) is 10.4. The number of carbonyl (C=O) groups is 1. The molecule has 1 aliphatic heterocycles. The molecule has 118 valence electrons. The quantitative estimate of drug-likeness (QED) is 0.874. The summed E-state index contributed by atoms with van der Waals surface area (Å²) in [6.07, 6.45) is 1.08. The van der Waals surface area contributed by atoms with Crippen LogP contribution in [0.2, 0.25) is 0 Å². The Morgan fingerprint density at radius 1 is 1.50 bits per heavy atom. The Morgan fingerprint density at radius 2 is 2.32 bits per heavy atom. The number of nitrogens with zero attached hydrogens (tertiary/aromatic N) is 3. The van der Waals surface area contributed by atoms with Crippen molar-refractivity contribution in [3.8, 4) is 0 Å². The van der Waals surface area contributed by atoms with Gasteiger partial charge in [0.25, 0.3) is 0 Å². The molecule has 1 fully saturated rings. The molecule has 7 heteroatoms. The van der Waals surface area contributed by atoms with Gasteiger partial charge in [-0.1, -0.05) is 0 Å². The summed E-state index contributed by atoms with van der Waals surface area (Å²) in [5.74, 6) is 0.682. The number of fused-ring (bicyclic) bond motifs is 1. The molecule has 0 aliphatic carbocycles. The van der Waals surface area contributed by atoms with Gasteiger partial charge in [0, 0.05) is 12.7 Å². The highest BCUT2D eigenvalue weighted by atomic mass is 16.6. The molecule has 0 bridgehead atoms. The van der Waals surface area contributed by atoms with Gasteiger partial charge in [0.05, 0.1) is 18.7 Å². The Kier molecular flexibility index (Phi) is 3.74. The van der Waals surface area contributed by atoms with Crippen molar-refractivity contribution >= 4 is 17.3 Å². The van der Waals surface area contributed by atoms with Crippen molar-refractivity contribution in [2.24, 2.45) is 0 Å². The number of morpholine rings is 1. The normalized spacial score (nSPS) is 19.4. The van der Waals surface area contributed by atoms with E-state index in [9.17, 15) is 4.79 Å². The van der Waals surface area contributed by atoms with Crippen molar-refractivity contribution in [2.45, 2.75) is 32.5 Å². The molecule has 7 nitrogen and oxygen atoms in total. The Hall–Kier alpha value is -2.15. The lowest BCUT2D eigenvalue weighted by atomic mass is 10.2. The number of rotatable bonds is 1. The first-order valence-electron chi connectivity index (χ1n) is 7.32. The first kappa shape index (κ1) is 14.8. The van der Waals surface area contributed by atoms with Gasteiger partial charge in [-0.3, -0.25) is 0 Å². The van der Waals surface area contributed by atoms with Crippen LogP contribution in [0.5, 0.6) is 0 Å². The summed E-state index contributed by atoms with van der Waals surface area (Å²) in [5, 5.41) is 0. The lowest BCUT2D eigenvalue weighted by Gasteiger charge is -2.33. The molecule has 1 saturated heterocycles. The van der Waals surface area contributed by atoms with Gasteiger partial charge in [0.15, 0.2) is 5.65 Å². The van der Waals surface area contributed by atoms with Gasteiger partial charge in [-0.25, -0.2) is 14.8 Å². The van der Waals surface area contributed by atoms with Crippen molar-refractivity contribution in [3.63, 3.8) is 0 Å². The van der Waals surface area contributed by atoms with Crippen LogP contribution in [0.15, 0.2) is 18.3 Å². The van der Waals surface area contributed by atoms with Crippen LogP contribution in [0.4, 0.5) is 4.79 Å². The smallest absolute Gasteiger partial charge is 0.410 e. The van der Waals surface area contributed by atoms with E-state index in [0.29, 0.717) is 31.2 Å². The lowest BCUT2D eigenvalue weighted by molar-refractivity contribution is -0.0459. The molecule has 2 aromatic rings. The standard InChI is InChI=1S/C15H20N4O3/c1-15(2,3)22-14(20)19-7-8-21-11(9-19)13-17-10-5-4-6-16-12(10)18-13/h4-6,11H,7-9H2,1-3H3,(H,16,17,18)/t11-/m1/s1. The van der Waals surface area contributed by atoms with Crippen LogP contribution in [0.25, 0.3) is 11.2 Å². The van der Waals surface area contributed by atoms with Crippen LogP contribution >= 0.6 is 0 Å². The summed E-state index contributed by atoms with van der Waals surface area (Å²) < 4.78 is 11.1. The van der Waals surface area contributed by atoms with E-state index in [0.717, 1.165) is 5.52 Å². The fraction of sp³-hybridized carbons (Fsp3) is 0.533. The average Bonchev–Trinajstić information content (AvgIpc) is 2.89. The highest BCUT2D eigenvalue weighted by molar-refractivity contribution is 5.70. The zero-order chi connectivity index (χ0) is 15.7. The number of H-pyrrole nitrogens is 1. The maximum absolute atomic E-state index is 12.2. The van der Waals surface area contributed by atoms with Crippen LogP contribution < -0.4 is 0 Å². The number of hydrogen-bond donors (Lipinski definition) is 1. The number of aromatic amines is 1. The summed E-state index contributed by atoms with van der Waals surface area (Å²) >= 11 is 0. The highest BCUT2D eigenvalue weighted by Gasteiger charge is 2.30. The molecule has 3 heterocycles. The highest BCUT2D eigenvalue weighted by Crippen LogP contribution is 2.23. The van der Waals surface area contributed by atoms with Crippen molar-refractivity contribution in [1.82, 2.24) is 19.9 Å². The third-order valence-corrected chi connectivity index (χ3v) is 3.30. The second-order valence-corrected chi connectivity index (χ2v) is 6.28. The molecule has 0 saturated carbocycles. The third kappa shape index (κ3) is 3.19. The Bertz CT molecular complexity index is 644. The summed E-state index contributed by atoms with van der Waals surface area (Å²) in [4.78, 5) is 25.6. The topological polar surface area (TPSA) is 80.3 Å².